The molecule has 3 heterocycles. The Morgan fingerprint density at radius 2 is 0.630 bits per heavy atom. The summed E-state index contributed by atoms with van der Waals surface area (Å²) in [5.41, 5.74) is 0. The van der Waals surface area contributed by atoms with Crippen molar-refractivity contribution in [2.75, 3.05) is 24.9 Å². The molecule has 2 aromatic heterocycles. The molecule has 4 aromatic rings. The van der Waals surface area contributed by atoms with Crippen LogP contribution in [0.1, 0.15) is 0 Å². The van der Waals surface area contributed by atoms with Crippen molar-refractivity contribution in [3.63, 3.8) is 0 Å². The highest BCUT2D eigenvalue weighted by Gasteiger charge is 2.33. The summed E-state index contributed by atoms with van der Waals surface area (Å²) >= 11 is 19.1. The number of nitrogens with zero attached hydrogens (tertiary/aromatic N) is 6. The van der Waals surface area contributed by atoms with Gasteiger partial charge in [-0.1, -0.05) is 0 Å². The van der Waals surface area contributed by atoms with E-state index in [4.69, 9.17) is 74.8 Å². The quantitative estimate of drug-likeness (QED) is 0.0766. The fraction of sp³-hybridized carbons (Fsp3) is 0.182. The van der Waals surface area contributed by atoms with Gasteiger partial charge in [-0.15, -0.1) is 76.3 Å². The molecule has 46 heavy (non-hydrogen) atoms. The van der Waals surface area contributed by atoms with Gasteiger partial charge in [-0.25, -0.2) is 8.78 Å². The average molecular weight is 748 g/mol. The van der Waals surface area contributed by atoms with Crippen molar-refractivity contribution in [2.45, 2.75) is 0 Å². The molecule has 0 N–H and O–H groups in total. The van der Waals surface area contributed by atoms with E-state index in [0.29, 0.717) is 0 Å². The smallest absolute Gasteiger partial charge is 0.331 e. The molecule has 24 heteroatoms. The Hall–Kier alpha value is -4.14. The number of fused-ring (bicyclic) bond motifs is 8. The Morgan fingerprint density at radius 3 is 0.826 bits per heavy atom. The van der Waals surface area contributed by atoms with Gasteiger partial charge in [-0.05, 0) is 0 Å². The van der Waals surface area contributed by atoms with Gasteiger partial charge in [0.2, 0.25) is 69.5 Å². The van der Waals surface area contributed by atoms with Crippen LogP contribution in [0.25, 0.3) is 0 Å². The molecule has 0 aliphatic carbocycles. The van der Waals surface area contributed by atoms with Crippen LogP contribution in [0, 0.1) is 46.5 Å². The van der Waals surface area contributed by atoms with Gasteiger partial charge in [0.1, 0.15) is 0 Å². The second-order valence-electron chi connectivity index (χ2n) is 7.21. The van der Waals surface area contributed by atoms with Gasteiger partial charge in [0, 0.05) is 0 Å². The predicted octanol–water partition coefficient (Wildman–Crippen LogP) is 7.51. The van der Waals surface area contributed by atoms with Crippen LogP contribution < -0.4 is 28.4 Å². The molecule has 8 bridgehead atoms. The van der Waals surface area contributed by atoms with E-state index in [1.165, 1.54) is 0 Å². The molecule has 0 amide bonds. The monoisotopic (exact) mass is 746 g/mol. The van der Waals surface area contributed by atoms with Crippen LogP contribution in [0.2, 0.25) is 0 Å². The minimum Gasteiger partial charge on any atom is -0.467 e. The summed E-state index contributed by atoms with van der Waals surface area (Å²) in [6, 6.07) is -6.33. The van der Waals surface area contributed by atoms with Crippen LogP contribution in [0.5, 0.6) is 59.1 Å². The Kier molecular flexibility index (Phi) is 12.6. The molecule has 0 unspecified atom stereocenters. The van der Waals surface area contributed by atoms with Gasteiger partial charge in [0.15, 0.2) is 0 Å². The number of methoxy groups -OCH3 is 2. The van der Waals surface area contributed by atoms with E-state index in [1.807, 2.05) is 0 Å². The number of rotatable bonds is 2. The van der Waals surface area contributed by atoms with E-state index in [0.717, 1.165) is 14.2 Å². The lowest BCUT2D eigenvalue weighted by Crippen LogP contribution is -2.10. The summed E-state index contributed by atoms with van der Waals surface area (Å²) in [6.07, 6.45) is 0. The SMILES string of the molecule is COc1nc2nc(n1)Oc1c(F)c(F)c(F)c(c1F)Oc1nc(OC)nc(n1)Oc1c(F)c(F)c(F)c(c1F)O2.ClCCl.ClCCl. The molecule has 2 aromatic carbocycles. The van der Waals surface area contributed by atoms with Crippen molar-refractivity contribution >= 4 is 46.4 Å². The highest BCUT2D eigenvalue weighted by atomic mass is 35.5. The molecule has 5 rings (SSSR count). The molecule has 0 atom stereocenters. The molecular weight excluding hydrogens is 738 g/mol. The normalized spacial score (nSPS) is 11.3. The van der Waals surface area contributed by atoms with Gasteiger partial charge in [-0.2, -0.15) is 26.3 Å². The maximum absolute atomic E-state index is 15.2. The van der Waals surface area contributed by atoms with Crippen molar-refractivity contribution in [3.8, 4) is 59.1 Å². The zero-order chi connectivity index (χ0) is 34.3. The summed E-state index contributed by atoms with van der Waals surface area (Å²) in [7, 11) is 1.89. The van der Waals surface area contributed by atoms with Gasteiger partial charge >= 0.3 is 36.1 Å². The number of benzene rings is 2. The van der Waals surface area contributed by atoms with Crippen LogP contribution >= 0.6 is 46.4 Å². The van der Waals surface area contributed by atoms with Crippen LogP contribution in [-0.4, -0.2) is 54.8 Å². The third kappa shape index (κ3) is 7.80. The average Bonchev–Trinajstić information content (AvgIpc) is 3.03. The standard InChI is InChI=1S/C20H6F8N6O6.2CH2Cl2/c1-35-15-29-17-33-18(30-15)38-12-6(24)4(22)8(26)14(10(12)28)40-20-32-16(36-2)31-19(34-20)39-13-7(25)3(21)5(23)11(37-17)9(13)27;2*2-1-3/h1-2H3;2*1H2. The zero-order valence-corrected chi connectivity index (χ0v) is 25.1. The Bertz CT molecular complexity index is 1520. The molecule has 0 saturated heterocycles. The first kappa shape index (κ1) is 36.3. The minimum atomic E-state index is -2.32. The van der Waals surface area contributed by atoms with Gasteiger partial charge in [0.05, 0.1) is 24.9 Å². The number of alkyl halides is 4. The fourth-order valence-electron chi connectivity index (χ4n) is 2.91. The van der Waals surface area contributed by atoms with Gasteiger partial charge in [0.25, 0.3) is 0 Å². The molecule has 1 aliphatic heterocycles. The van der Waals surface area contributed by atoms with Crippen LogP contribution in [0.4, 0.5) is 35.1 Å². The van der Waals surface area contributed by atoms with Crippen LogP contribution in [-0.2, 0) is 0 Å². The van der Waals surface area contributed by atoms with Crippen molar-refractivity contribution in [3.05, 3.63) is 46.5 Å². The largest absolute Gasteiger partial charge is 0.467 e. The second-order valence-corrected chi connectivity index (χ2v) is 8.83. The van der Waals surface area contributed by atoms with E-state index in [-0.39, 0.29) is 10.7 Å². The number of halogens is 12. The molecule has 248 valence electrons. The maximum Gasteiger partial charge on any atom is 0.331 e. The summed E-state index contributed by atoms with van der Waals surface area (Å²) in [5, 5.41) is 0.389. The number of aromatic nitrogens is 6. The minimum absolute atomic E-state index is 0.194. The molecule has 12 nitrogen and oxygen atoms in total. The summed E-state index contributed by atoms with van der Waals surface area (Å²) < 4.78 is 146. The first-order valence-corrected chi connectivity index (χ1v) is 13.3. The highest BCUT2D eigenvalue weighted by Crippen LogP contribution is 2.41. The number of hydrogen-bond donors (Lipinski definition) is 0. The van der Waals surface area contributed by atoms with E-state index in [1.54, 1.807) is 0 Å². The van der Waals surface area contributed by atoms with Crippen molar-refractivity contribution < 1.29 is 63.5 Å². The van der Waals surface area contributed by atoms with Crippen LogP contribution in [0.3, 0.4) is 0 Å². The first-order valence-electron chi connectivity index (χ1n) is 11.1. The lowest BCUT2D eigenvalue weighted by atomic mass is 10.2. The maximum atomic E-state index is 15.2. The van der Waals surface area contributed by atoms with E-state index >= 15 is 8.78 Å². The lowest BCUT2D eigenvalue weighted by Gasteiger charge is -2.15. The third-order valence-corrected chi connectivity index (χ3v) is 4.65. The highest BCUT2D eigenvalue weighted by molar-refractivity contribution is 6.41. The zero-order valence-electron chi connectivity index (χ0n) is 22.1. The molecule has 1 aliphatic rings. The second kappa shape index (κ2) is 15.9. The van der Waals surface area contributed by atoms with E-state index < -0.39 is 106 Å². The summed E-state index contributed by atoms with van der Waals surface area (Å²) in [6.45, 7) is 0. The van der Waals surface area contributed by atoms with E-state index in [9.17, 15) is 26.3 Å². The van der Waals surface area contributed by atoms with Gasteiger partial charge in [-0.3, -0.25) is 0 Å². The van der Waals surface area contributed by atoms with Crippen molar-refractivity contribution in [2.24, 2.45) is 0 Å². The number of hydrogen-bond acceptors (Lipinski definition) is 12. The molecule has 0 spiro atoms. The molecule has 0 radical (unpaired) electrons. The Labute approximate surface area is 270 Å². The Morgan fingerprint density at radius 1 is 0.413 bits per heavy atom. The predicted molar refractivity (Wildman–Crippen MR) is 139 cm³/mol. The molecule has 0 fully saturated rings. The summed E-state index contributed by atoms with van der Waals surface area (Å²) in [4.78, 5) is 20.4. The first-order chi connectivity index (χ1) is 21.8. The van der Waals surface area contributed by atoms with Crippen LogP contribution in [0.15, 0.2) is 0 Å². The number of ether oxygens (including phenoxy) is 6. The van der Waals surface area contributed by atoms with Crippen molar-refractivity contribution in [1.29, 1.82) is 0 Å². The Balaban J connectivity index is 0.000000891. The topological polar surface area (TPSA) is 133 Å². The van der Waals surface area contributed by atoms with Crippen molar-refractivity contribution in [1.82, 2.24) is 29.9 Å². The lowest BCUT2D eigenvalue weighted by molar-refractivity contribution is 0.280. The third-order valence-electron chi connectivity index (χ3n) is 4.65. The summed E-state index contributed by atoms with van der Waals surface area (Å²) in [5.74, 6) is -24.5. The molecule has 0 saturated carbocycles. The fourth-order valence-corrected chi connectivity index (χ4v) is 2.91. The van der Waals surface area contributed by atoms with Gasteiger partial charge < -0.3 is 28.4 Å². The molecular formula is C22H10Cl4F8N6O6. The van der Waals surface area contributed by atoms with E-state index in [2.05, 4.69) is 29.9 Å².